The highest BCUT2D eigenvalue weighted by atomic mass is 16.6. The molecule has 5 atom stereocenters. The highest BCUT2D eigenvalue weighted by Crippen LogP contribution is 2.19. The molecule has 1 aliphatic heterocycles. The first-order valence-corrected chi connectivity index (χ1v) is 4.47. The van der Waals surface area contributed by atoms with E-state index in [1.807, 2.05) is 0 Å². The Hall–Kier alpha value is -0.680. The van der Waals surface area contributed by atoms with Crippen LogP contribution in [0.5, 0.6) is 0 Å². The van der Waals surface area contributed by atoms with Crippen LogP contribution in [0.25, 0.3) is 0 Å². The summed E-state index contributed by atoms with van der Waals surface area (Å²) in [6, 6.07) is 0. The van der Waals surface area contributed by atoms with E-state index in [9.17, 15) is 10.2 Å². The van der Waals surface area contributed by atoms with Gasteiger partial charge >= 0.3 is 0 Å². The predicted molar refractivity (Wildman–Crippen MR) is 48.6 cm³/mol. The smallest absolute Gasteiger partial charge is 0.184 e. The van der Waals surface area contributed by atoms with Gasteiger partial charge in [0.2, 0.25) is 0 Å². The molecule has 1 heterocycles. The number of rotatable bonds is 3. The number of hydrogen-bond acceptors (Lipinski definition) is 6. The molecule has 0 aliphatic carbocycles. The molecule has 1 fully saturated rings. The van der Waals surface area contributed by atoms with E-state index in [-0.39, 0.29) is 13.2 Å². The molecule has 6 nitrogen and oxygen atoms in total. The van der Waals surface area contributed by atoms with E-state index in [0.29, 0.717) is 0 Å². The van der Waals surface area contributed by atoms with Gasteiger partial charge in [-0.15, -0.1) is 6.42 Å². The van der Waals surface area contributed by atoms with Gasteiger partial charge in [0.25, 0.3) is 0 Å². The van der Waals surface area contributed by atoms with Gasteiger partial charge in [-0.3, -0.25) is 0 Å². The molecule has 86 valence electrons. The molecular weight excluding hydrogens is 204 g/mol. The molecule has 0 radical (unpaired) electrons. The second-order valence-corrected chi connectivity index (χ2v) is 3.26. The van der Waals surface area contributed by atoms with Gasteiger partial charge in [-0.1, -0.05) is 5.92 Å². The molecule has 2 unspecified atom stereocenters. The first-order valence-electron chi connectivity index (χ1n) is 4.47. The fourth-order valence-electron chi connectivity index (χ4n) is 1.30. The second kappa shape index (κ2) is 5.42. The van der Waals surface area contributed by atoms with Gasteiger partial charge in [-0.05, 0) is 0 Å². The van der Waals surface area contributed by atoms with Gasteiger partial charge in [0.05, 0.1) is 6.61 Å². The maximum absolute atomic E-state index is 9.45. The summed E-state index contributed by atoms with van der Waals surface area (Å²) in [4.78, 5) is 0. The van der Waals surface area contributed by atoms with Gasteiger partial charge < -0.3 is 29.9 Å². The minimum Gasteiger partial charge on any atom is -0.387 e. The van der Waals surface area contributed by atoms with Crippen molar-refractivity contribution in [1.82, 2.24) is 0 Å². The zero-order chi connectivity index (χ0) is 11.4. The summed E-state index contributed by atoms with van der Waals surface area (Å²) >= 11 is 0. The van der Waals surface area contributed by atoms with Gasteiger partial charge in [-0.2, -0.15) is 0 Å². The molecule has 4 N–H and O–H groups in total. The van der Waals surface area contributed by atoms with Crippen molar-refractivity contribution in [2.24, 2.45) is 0 Å². The third kappa shape index (κ3) is 2.89. The zero-order valence-electron chi connectivity index (χ0n) is 7.98. The average molecular weight is 218 g/mol. The minimum atomic E-state index is -1.54. The lowest BCUT2D eigenvalue weighted by atomic mass is 9.99. The Morgan fingerprint density at radius 1 is 1.13 bits per heavy atom. The van der Waals surface area contributed by atoms with Gasteiger partial charge in [0, 0.05) is 0 Å². The number of terminal acetylenes is 1. The summed E-state index contributed by atoms with van der Waals surface area (Å²) in [6.07, 6.45) is -1.82. The van der Waals surface area contributed by atoms with Crippen LogP contribution in [0, 0.1) is 12.3 Å². The van der Waals surface area contributed by atoms with Crippen LogP contribution in [-0.2, 0) is 9.47 Å². The highest BCUT2D eigenvalue weighted by Gasteiger charge is 2.42. The lowest BCUT2D eigenvalue weighted by Crippen LogP contribution is -2.58. The summed E-state index contributed by atoms with van der Waals surface area (Å²) in [6.45, 7) is -0.0203. The number of hydrogen-bond donors (Lipinski definition) is 4. The molecule has 0 aromatic rings. The van der Waals surface area contributed by atoms with Crippen molar-refractivity contribution >= 4 is 0 Å². The van der Waals surface area contributed by atoms with Crippen LogP contribution in [0.1, 0.15) is 0 Å². The third-order valence-electron chi connectivity index (χ3n) is 2.15. The van der Waals surface area contributed by atoms with Crippen molar-refractivity contribution in [3.8, 4) is 12.3 Å². The van der Waals surface area contributed by atoms with Crippen molar-refractivity contribution in [2.75, 3.05) is 13.2 Å². The van der Waals surface area contributed by atoms with Crippen LogP contribution in [0.15, 0.2) is 0 Å². The number of ether oxygens (including phenoxy) is 2. The maximum atomic E-state index is 9.45. The summed E-state index contributed by atoms with van der Waals surface area (Å²) in [5.41, 5.74) is 0. The van der Waals surface area contributed by atoms with Crippen molar-refractivity contribution < 1.29 is 29.9 Å². The summed E-state index contributed by atoms with van der Waals surface area (Å²) in [5.74, 6) is 2.22. The SMILES string of the molecule is C#CCOCC1O[C@@H](O)C(O)[C@@H](O)[C@H]1O. The molecule has 0 aromatic carbocycles. The topological polar surface area (TPSA) is 99.4 Å². The lowest BCUT2D eigenvalue weighted by molar-refractivity contribution is -0.288. The molecule has 0 spiro atoms. The van der Waals surface area contributed by atoms with Crippen LogP contribution < -0.4 is 0 Å². The fraction of sp³-hybridized carbons (Fsp3) is 0.778. The molecule has 0 saturated carbocycles. The Labute approximate surface area is 87.1 Å². The zero-order valence-corrected chi connectivity index (χ0v) is 7.98. The van der Waals surface area contributed by atoms with Gasteiger partial charge in [-0.25, -0.2) is 0 Å². The predicted octanol–water partition coefficient (Wildman–Crippen LogP) is -2.56. The Balaban J connectivity index is 2.48. The summed E-state index contributed by atoms with van der Waals surface area (Å²) in [5, 5.41) is 37.1. The Kier molecular flexibility index (Phi) is 4.47. The van der Waals surface area contributed by atoms with Crippen LogP contribution in [0.4, 0.5) is 0 Å². The molecule has 1 rings (SSSR count). The van der Waals surface area contributed by atoms with Crippen LogP contribution in [0.3, 0.4) is 0 Å². The molecular formula is C9H14O6. The van der Waals surface area contributed by atoms with E-state index in [1.165, 1.54) is 0 Å². The monoisotopic (exact) mass is 218 g/mol. The number of aliphatic hydroxyl groups excluding tert-OH is 4. The van der Waals surface area contributed by atoms with Gasteiger partial charge in [0.1, 0.15) is 31.0 Å². The summed E-state index contributed by atoms with van der Waals surface area (Å²) in [7, 11) is 0. The molecule has 1 saturated heterocycles. The quantitative estimate of drug-likeness (QED) is 0.307. The largest absolute Gasteiger partial charge is 0.387 e. The van der Waals surface area contributed by atoms with Crippen molar-refractivity contribution in [1.29, 1.82) is 0 Å². The van der Waals surface area contributed by atoms with Crippen molar-refractivity contribution in [2.45, 2.75) is 30.7 Å². The molecule has 1 aliphatic rings. The molecule has 0 aromatic heterocycles. The first kappa shape index (κ1) is 12.4. The molecule has 0 bridgehead atoms. The summed E-state index contributed by atoms with van der Waals surface area (Å²) < 4.78 is 9.73. The minimum absolute atomic E-state index is 0.0430. The Morgan fingerprint density at radius 2 is 1.80 bits per heavy atom. The molecule has 15 heavy (non-hydrogen) atoms. The van der Waals surface area contributed by atoms with Crippen molar-refractivity contribution in [3.05, 3.63) is 0 Å². The van der Waals surface area contributed by atoms with Gasteiger partial charge in [0.15, 0.2) is 6.29 Å². The van der Waals surface area contributed by atoms with Crippen LogP contribution in [0.2, 0.25) is 0 Å². The highest BCUT2D eigenvalue weighted by molar-refractivity contribution is 4.89. The maximum Gasteiger partial charge on any atom is 0.184 e. The van der Waals surface area contributed by atoms with E-state index < -0.39 is 30.7 Å². The standard InChI is InChI=1S/C9H14O6/c1-2-3-14-4-5-6(10)7(11)8(12)9(13)15-5/h1,5-13H,3-4H2/t5?,6-,7-,8?,9+/m0/s1. The second-order valence-electron chi connectivity index (χ2n) is 3.26. The normalized spacial score (nSPS) is 41.1. The number of aliphatic hydroxyl groups is 4. The molecule has 6 heteroatoms. The van der Waals surface area contributed by atoms with E-state index >= 15 is 0 Å². The van der Waals surface area contributed by atoms with E-state index in [4.69, 9.17) is 26.1 Å². The van der Waals surface area contributed by atoms with E-state index in [2.05, 4.69) is 5.92 Å². The van der Waals surface area contributed by atoms with Crippen LogP contribution >= 0.6 is 0 Å². The van der Waals surface area contributed by atoms with E-state index in [1.54, 1.807) is 0 Å². The average Bonchev–Trinajstić information content (AvgIpc) is 2.23. The van der Waals surface area contributed by atoms with Crippen LogP contribution in [-0.4, -0.2) is 64.3 Å². The third-order valence-corrected chi connectivity index (χ3v) is 2.15. The Bertz CT molecular complexity index is 237. The first-order chi connectivity index (χ1) is 7.07. The lowest BCUT2D eigenvalue weighted by Gasteiger charge is -2.38. The van der Waals surface area contributed by atoms with Crippen molar-refractivity contribution in [3.63, 3.8) is 0 Å². The Morgan fingerprint density at radius 3 is 2.40 bits per heavy atom. The van der Waals surface area contributed by atoms with E-state index in [0.717, 1.165) is 0 Å². The molecule has 0 amide bonds. The fourth-order valence-corrected chi connectivity index (χ4v) is 1.30.